The molecule has 0 atom stereocenters. The molecule has 0 bridgehead atoms. The standard InChI is InChI=1S/C22H24O5/c1-5-26-21(23)20-14-22(27-15(20)2,16-6-10-18(24-3)11-7-16)17-8-12-19(25-4)13-9-17/h6-13H,5,14H2,1-4H3. The van der Waals surface area contributed by atoms with E-state index in [-0.39, 0.29) is 5.97 Å². The summed E-state index contributed by atoms with van der Waals surface area (Å²) in [5, 5.41) is 0. The molecular weight excluding hydrogens is 344 g/mol. The minimum absolute atomic E-state index is 0.327. The van der Waals surface area contributed by atoms with Crippen molar-refractivity contribution in [2.45, 2.75) is 25.9 Å². The normalized spacial score (nSPS) is 15.3. The molecule has 1 aliphatic rings. The van der Waals surface area contributed by atoms with Crippen LogP contribution < -0.4 is 9.47 Å². The van der Waals surface area contributed by atoms with Crippen LogP contribution in [0, 0.1) is 0 Å². The highest BCUT2D eigenvalue weighted by atomic mass is 16.5. The van der Waals surface area contributed by atoms with Crippen molar-refractivity contribution >= 4 is 5.97 Å². The van der Waals surface area contributed by atoms with Gasteiger partial charge in [0.05, 0.1) is 26.4 Å². The molecule has 2 aromatic rings. The van der Waals surface area contributed by atoms with Crippen molar-refractivity contribution in [1.29, 1.82) is 0 Å². The Bertz CT molecular complexity index is 787. The Morgan fingerprint density at radius 3 is 1.85 bits per heavy atom. The number of hydrogen-bond donors (Lipinski definition) is 0. The molecule has 2 aromatic carbocycles. The second-order valence-corrected chi connectivity index (χ2v) is 6.32. The molecule has 0 aliphatic carbocycles. The van der Waals surface area contributed by atoms with Crippen molar-refractivity contribution in [3.05, 3.63) is 71.0 Å². The van der Waals surface area contributed by atoms with E-state index in [1.54, 1.807) is 28.1 Å². The van der Waals surface area contributed by atoms with Crippen molar-refractivity contribution in [1.82, 2.24) is 0 Å². The molecule has 0 unspecified atom stereocenters. The number of carbonyl (C=O) groups excluding carboxylic acids is 1. The number of benzene rings is 2. The SMILES string of the molecule is CCOC(=O)C1=C(C)OC(c2ccc(OC)cc2)(c2ccc(OC)cc2)C1. The summed E-state index contributed by atoms with van der Waals surface area (Å²) in [6, 6.07) is 15.4. The number of methoxy groups -OCH3 is 2. The van der Waals surface area contributed by atoms with Crippen LogP contribution in [0.2, 0.25) is 0 Å². The van der Waals surface area contributed by atoms with Gasteiger partial charge in [-0.2, -0.15) is 0 Å². The van der Waals surface area contributed by atoms with Crippen LogP contribution in [0.4, 0.5) is 0 Å². The van der Waals surface area contributed by atoms with Gasteiger partial charge in [-0.05, 0) is 38.1 Å². The zero-order chi connectivity index (χ0) is 19.4. The fraction of sp³-hybridized carbons (Fsp3) is 0.318. The minimum atomic E-state index is -0.801. The van der Waals surface area contributed by atoms with Gasteiger partial charge in [-0.15, -0.1) is 0 Å². The highest BCUT2D eigenvalue weighted by Crippen LogP contribution is 2.47. The molecule has 0 saturated heterocycles. The molecule has 27 heavy (non-hydrogen) atoms. The predicted octanol–water partition coefficient (Wildman–Crippen LogP) is 4.20. The fourth-order valence-corrected chi connectivity index (χ4v) is 3.38. The molecule has 0 N–H and O–H groups in total. The molecule has 142 valence electrons. The van der Waals surface area contributed by atoms with Gasteiger partial charge in [0.1, 0.15) is 17.3 Å². The molecule has 1 heterocycles. The molecule has 3 rings (SSSR count). The summed E-state index contributed by atoms with van der Waals surface area (Å²) in [6.07, 6.45) is 0.399. The summed E-state index contributed by atoms with van der Waals surface area (Å²) in [4.78, 5) is 12.4. The molecule has 5 heteroatoms. The van der Waals surface area contributed by atoms with Crippen LogP contribution in [0.15, 0.2) is 59.9 Å². The maximum atomic E-state index is 12.4. The third-order valence-electron chi connectivity index (χ3n) is 4.81. The smallest absolute Gasteiger partial charge is 0.337 e. The van der Waals surface area contributed by atoms with Gasteiger partial charge in [-0.3, -0.25) is 0 Å². The zero-order valence-corrected chi connectivity index (χ0v) is 16.1. The van der Waals surface area contributed by atoms with Gasteiger partial charge >= 0.3 is 5.97 Å². The second-order valence-electron chi connectivity index (χ2n) is 6.32. The van der Waals surface area contributed by atoms with E-state index in [0.29, 0.717) is 24.4 Å². The van der Waals surface area contributed by atoms with Gasteiger partial charge in [0.15, 0.2) is 5.60 Å². The van der Waals surface area contributed by atoms with E-state index in [1.807, 2.05) is 48.5 Å². The topological polar surface area (TPSA) is 54.0 Å². The Labute approximate surface area is 159 Å². The summed E-state index contributed by atoms with van der Waals surface area (Å²) in [6.45, 7) is 3.93. The first kappa shape index (κ1) is 18.8. The Hall–Kier alpha value is -2.95. The first-order valence-corrected chi connectivity index (χ1v) is 8.89. The van der Waals surface area contributed by atoms with Gasteiger partial charge in [0.2, 0.25) is 0 Å². The van der Waals surface area contributed by atoms with E-state index in [2.05, 4.69) is 0 Å². The van der Waals surface area contributed by atoms with Crippen LogP contribution in [0.1, 0.15) is 31.4 Å². The summed E-state index contributed by atoms with van der Waals surface area (Å²) in [7, 11) is 3.26. The average Bonchev–Trinajstić information content (AvgIpc) is 3.07. The fourth-order valence-electron chi connectivity index (χ4n) is 3.38. The molecule has 1 aliphatic heterocycles. The molecule has 0 radical (unpaired) electrons. The van der Waals surface area contributed by atoms with Crippen LogP contribution in [-0.4, -0.2) is 26.8 Å². The third kappa shape index (κ3) is 3.50. The maximum absolute atomic E-state index is 12.4. The first-order valence-electron chi connectivity index (χ1n) is 8.89. The quantitative estimate of drug-likeness (QED) is 0.715. The van der Waals surface area contributed by atoms with Gasteiger partial charge in [-0.25, -0.2) is 4.79 Å². The van der Waals surface area contributed by atoms with E-state index in [4.69, 9.17) is 18.9 Å². The van der Waals surface area contributed by atoms with Gasteiger partial charge in [0.25, 0.3) is 0 Å². The molecule has 0 amide bonds. The van der Waals surface area contributed by atoms with Crippen LogP contribution in [0.5, 0.6) is 11.5 Å². The maximum Gasteiger partial charge on any atom is 0.337 e. The highest BCUT2D eigenvalue weighted by molar-refractivity contribution is 5.90. The zero-order valence-electron chi connectivity index (χ0n) is 16.1. The average molecular weight is 368 g/mol. The Kier molecular flexibility index (Phi) is 5.40. The molecule has 0 spiro atoms. The largest absolute Gasteiger partial charge is 0.497 e. The number of hydrogen-bond acceptors (Lipinski definition) is 5. The number of esters is 1. The number of allylic oxidation sites excluding steroid dienone is 1. The Morgan fingerprint density at radius 1 is 0.963 bits per heavy atom. The Balaban J connectivity index is 2.06. The van der Waals surface area contributed by atoms with Crippen LogP contribution in [-0.2, 0) is 19.9 Å². The number of ether oxygens (including phenoxy) is 4. The molecule has 0 aromatic heterocycles. The van der Waals surface area contributed by atoms with Crippen LogP contribution in [0.25, 0.3) is 0 Å². The molecule has 0 fully saturated rings. The minimum Gasteiger partial charge on any atom is -0.497 e. The first-order chi connectivity index (χ1) is 13.0. The molecule has 5 nitrogen and oxygen atoms in total. The summed E-state index contributed by atoms with van der Waals surface area (Å²) >= 11 is 0. The summed E-state index contributed by atoms with van der Waals surface area (Å²) in [5.41, 5.74) is 1.63. The second kappa shape index (κ2) is 7.74. The summed E-state index contributed by atoms with van der Waals surface area (Å²) < 4.78 is 22.1. The number of rotatable bonds is 6. The van der Waals surface area contributed by atoms with Crippen molar-refractivity contribution in [3.8, 4) is 11.5 Å². The highest BCUT2D eigenvalue weighted by Gasteiger charge is 2.45. The monoisotopic (exact) mass is 368 g/mol. The van der Waals surface area contributed by atoms with Crippen molar-refractivity contribution in [2.24, 2.45) is 0 Å². The number of carbonyl (C=O) groups is 1. The van der Waals surface area contributed by atoms with Crippen LogP contribution >= 0.6 is 0 Å². The Morgan fingerprint density at radius 2 is 1.44 bits per heavy atom. The van der Waals surface area contributed by atoms with Crippen molar-refractivity contribution < 1.29 is 23.7 Å². The lowest BCUT2D eigenvalue weighted by atomic mass is 9.82. The summed E-state index contributed by atoms with van der Waals surface area (Å²) in [5.74, 6) is 1.77. The van der Waals surface area contributed by atoms with Crippen molar-refractivity contribution in [3.63, 3.8) is 0 Å². The van der Waals surface area contributed by atoms with E-state index >= 15 is 0 Å². The van der Waals surface area contributed by atoms with Gasteiger partial charge < -0.3 is 18.9 Å². The van der Waals surface area contributed by atoms with Crippen molar-refractivity contribution in [2.75, 3.05) is 20.8 Å². The lowest BCUT2D eigenvalue weighted by molar-refractivity contribution is -0.138. The van der Waals surface area contributed by atoms with Gasteiger partial charge in [0, 0.05) is 17.5 Å². The van der Waals surface area contributed by atoms with Gasteiger partial charge in [-0.1, -0.05) is 24.3 Å². The lowest BCUT2D eigenvalue weighted by Crippen LogP contribution is -2.28. The van der Waals surface area contributed by atoms with E-state index < -0.39 is 5.60 Å². The molecular formula is C22H24O5. The van der Waals surface area contributed by atoms with E-state index in [0.717, 1.165) is 22.6 Å². The lowest BCUT2D eigenvalue weighted by Gasteiger charge is -2.31. The van der Waals surface area contributed by atoms with E-state index in [9.17, 15) is 4.79 Å². The molecule has 0 saturated carbocycles. The van der Waals surface area contributed by atoms with E-state index in [1.165, 1.54) is 0 Å². The third-order valence-corrected chi connectivity index (χ3v) is 4.81. The van der Waals surface area contributed by atoms with Crippen LogP contribution in [0.3, 0.4) is 0 Å². The predicted molar refractivity (Wildman–Crippen MR) is 102 cm³/mol.